The van der Waals surface area contributed by atoms with Crippen LogP contribution in [0, 0.1) is 6.92 Å². The topological polar surface area (TPSA) is 68.3 Å². The second-order valence-electron chi connectivity index (χ2n) is 4.55. The lowest BCUT2D eigenvalue weighted by Gasteiger charge is -2.08. The van der Waals surface area contributed by atoms with Crippen LogP contribution < -0.4 is 5.32 Å². The van der Waals surface area contributed by atoms with Crippen LogP contribution in [-0.2, 0) is 16.0 Å². The van der Waals surface area contributed by atoms with E-state index < -0.39 is 5.97 Å². The lowest BCUT2D eigenvalue weighted by Crippen LogP contribution is -2.13. The van der Waals surface area contributed by atoms with Gasteiger partial charge < -0.3 is 10.1 Å². The first-order valence-electron chi connectivity index (χ1n) is 6.46. The fraction of sp³-hybridized carbons (Fsp3) is 0.267. The number of rotatable bonds is 5. The van der Waals surface area contributed by atoms with Crippen molar-refractivity contribution in [2.75, 3.05) is 12.4 Å². The fourth-order valence-electron chi connectivity index (χ4n) is 1.86. The van der Waals surface area contributed by atoms with Crippen LogP contribution in [0.3, 0.4) is 0 Å². The largest absolute Gasteiger partial charge is 0.465 e. The molecule has 0 aliphatic carbocycles. The molecule has 21 heavy (non-hydrogen) atoms. The number of carbonyl (C=O) groups excluding carboxylic acids is 2. The van der Waals surface area contributed by atoms with Crippen LogP contribution in [0.5, 0.6) is 0 Å². The molecular weight excluding hydrogens is 288 g/mol. The Morgan fingerprint density at radius 1 is 1.38 bits per heavy atom. The average molecular weight is 304 g/mol. The van der Waals surface area contributed by atoms with Crippen molar-refractivity contribution in [2.24, 2.45) is 0 Å². The number of benzene rings is 1. The van der Waals surface area contributed by atoms with Gasteiger partial charge in [-0.3, -0.25) is 4.79 Å². The fourth-order valence-corrected chi connectivity index (χ4v) is 2.45. The summed E-state index contributed by atoms with van der Waals surface area (Å²) in [5.41, 5.74) is 4.51. The van der Waals surface area contributed by atoms with Crippen LogP contribution in [-0.4, -0.2) is 24.0 Å². The summed E-state index contributed by atoms with van der Waals surface area (Å²) in [4.78, 5) is 27.6. The predicted octanol–water partition coefficient (Wildman–Crippen LogP) is 2.81. The molecule has 0 aliphatic rings. The third-order valence-corrected chi connectivity index (χ3v) is 3.65. The molecule has 0 spiro atoms. The summed E-state index contributed by atoms with van der Waals surface area (Å²) in [7, 11) is 1.33. The molecule has 1 amide bonds. The van der Waals surface area contributed by atoms with Crippen LogP contribution in [0.2, 0.25) is 0 Å². The van der Waals surface area contributed by atoms with Crippen molar-refractivity contribution in [3.8, 4) is 0 Å². The highest BCUT2D eigenvalue weighted by atomic mass is 32.1. The minimum Gasteiger partial charge on any atom is -0.465 e. The van der Waals surface area contributed by atoms with Gasteiger partial charge >= 0.3 is 5.97 Å². The standard InChI is InChI=1S/C15H16N2O3S/c1-10-3-4-11(7-13(10)15(19)20-2)17-14(18)6-5-12-8-21-9-16-12/h3-4,7-9H,5-6H2,1-2H3,(H,17,18). The van der Waals surface area contributed by atoms with Gasteiger partial charge in [-0.05, 0) is 31.0 Å². The number of ether oxygens (including phenoxy) is 1. The first-order valence-corrected chi connectivity index (χ1v) is 7.40. The Bertz CT molecular complexity index is 638. The Kier molecular flexibility index (Phi) is 5.05. The first-order chi connectivity index (χ1) is 10.1. The van der Waals surface area contributed by atoms with Crippen molar-refractivity contribution < 1.29 is 14.3 Å². The van der Waals surface area contributed by atoms with E-state index in [-0.39, 0.29) is 5.91 Å². The monoisotopic (exact) mass is 304 g/mol. The van der Waals surface area contributed by atoms with E-state index in [2.05, 4.69) is 10.3 Å². The number of amides is 1. The van der Waals surface area contributed by atoms with Gasteiger partial charge in [0.25, 0.3) is 0 Å². The van der Waals surface area contributed by atoms with Gasteiger partial charge in [-0.2, -0.15) is 0 Å². The molecule has 1 heterocycles. The van der Waals surface area contributed by atoms with Crippen LogP contribution in [0.15, 0.2) is 29.1 Å². The second-order valence-corrected chi connectivity index (χ2v) is 5.27. The van der Waals surface area contributed by atoms with E-state index in [0.29, 0.717) is 24.1 Å². The smallest absolute Gasteiger partial charge is 0.338 e. The molecule has 0 atom stereocenters. The quantitative estimate of drug-likeness (QED) is 0.862. The van der Waals surface area contributed by atoms with Gasteiger partial charge in [0.1, 0.15) is 0 Å². The molecule has 0 saturated heterocycles. The van der Waals surface area contributed by atoms with E-state index in [1.807, 2.05) is 12.3 Å². The molecule has 2 aromatic rings. The molecule has 1 N–H and O–H groups in total. The van der Waals surface area contributed by atoms with E-state index in [4.69, 9.17) is 4.74 Å². The summed E-state index contributed by atoms with van der Waals surface area (Å²) in [6.07, 6.45) is 0.955. The van der Waals surface area contributed by atoms with Gasteiger partial charge in [0.15, 0.2) is 0 Å². The number of methoxy groups -OCH3 is 1. The molecule has 5 nitrogen and oxygen atoms in total. The third kappa shape index (κ3) is 4.13. The van der Waals surface area contributed by atoms with Crippen molar-refractivity contribution in [1.82, 2.24) is 4.98 Å². The van der Waals surface area contributed by atoms with E-state index in [0.717, 1.165) is 11.3 Å². The number of aromatic nitrogens is 1. The van der Waals surface area contributed by atoms with E-state index in [1.165, 1.54) is 18.4 Å². The third-order valence-electron chi connectivity index (χ3n) is 3.02. The molecule has 2 rings (SSSR count). The number of aryl methyl sites for hydroxylation is 2. The predicted molar refractivity (Wildman–Crippen MR) is 81.6 cm³/mol. The maximum Gasteiger partial charge on any atom is 0.338 e. The molecule has 0 unspecified atom stereocenters. The molecule has 1 aromatic carbocycles. The summed E-state index contributed by atoms with van der Waals surface area (Å²) in [5, 5.41) is 4.70. The second kappa shape index (κ2) is 6.99. The molecule has 0 radical (unpaired) electrons. The van der Waals surface area contributed by atoms with Crippen LogP contribution in [0.25, 0.3) is 0 Å². The Morgan fingerprint density at radius 2 is 2.19 bits per heavy atom. The van der Waals surface area contributed by atoms with Gasteiger partial charge in [0, 0.05) is 17.5 Å². The summed E-state index contributed by atoms with van der Waals surface area (Å²) in [5.74, 6) is -0.520. The normalized spacial score (nSPS) is 10.2. The van der Waals surface area contributed by atoms with Crippen molar-refractivity contribution >= 4 is 28.9 Å². The lowest BCUT2D eigenvalue weighted by atomic mass is 10.1. The average Bonchev–Trinajstić information content (AvgIpc) is 2.99. The number of hydrogen-bond donors (Lipinski definition) is 1. The van der Waals surface area contributed by atoms with Gasteiger partial charge in [0.2, 0.25) is 5.91 Å². The minimum atomic E-state index is -0.411. The number of nitrogens with zero attached hydrogens (tertiary/aromatic N) is 1. The molecule has 0 bridgehead atoms. The molecule has 110 valence electrons. The van der Waals surface area contributed by atoms with Gasteiger partial charge in [-0.15, -0.1) is 11.3 Å². The summed E-state index contributed by atoms with van der Waals surface area (Å²) >= 11 is 1.51. The van der Waals surface area contributed by atoms with Gasteiger partial charge in [0.05, 0.1) is 23.9 Å². The number of esters is 1. The number of carbonyl (C=O) groups is 2. The number of anilines is 1. The van der Waals surface area contributed by atoms with Crippen molar-refractivity contribution in [3.05, 3.63) is 45.9 Å². The summed E-state index contributed by atoms with van der Waals surface area (Å²) < 4.78 is 4.71. The van der Waals surface area contributed by atoms with Gasteiger partial charge in [-0.25, -0.2) is 9.78 Å². The van der Waals surface area contributed by atoms with E-state index >= 15 is 0 Å². The SMILES string of the molecule is COC(=O)c1cc(NC(=O)CCc2cscn2)ccc1C. The van der Waals surface area contributed by atoms with Crippen molar-refractivity contribution in [2.45, 2.75) is 19.8 Å². The Balaban J connectivity index is 1.99. The first kappa shape index (κ1) is 15.2. The van der Waals surface area contributed by atoms with Crippen LogP contribution in [0.1, 0.15) is 28.0 Å². The van der Waals surface area contributed by atoms with E-state index in [9.17, 15) is 9.59 Å². The Hall–Kier alpha value is -2.21. The molecule has 0 fully saturated rings. The minimum absolute atomic E-state index is 0.109. The highest BCUT2D eigenvalue weighted by Crippen LogP contribution is 2.16. The van der Waals surface area contributed by atoms with Crippen LogP contribution >= 0.6 is 11.3 Å². The zero-order valence-electron chi connectivity index (χ0n) is 11.9. The molecule has 0 saturated carbocycles. The summed E-state index contributed by atoms with van der Waals surface area (Å²) in [6.45, 7) is 1.82. The number of nitrogens with one attached hydrogen (secondary N) is 1. The molecular formula is C15H16N2O3S. The zero-order chi connectivity index (χ0) is 15.2. The molecule has 0 aliphatic heterocycles. The van der Waals surface area contributed by atoms with Crippen molar-refractivity contribution in [3.63, 3.8) is 0 Å². The molecule has 6 heteroatoms. The van der Waals surface area contributed by atoms with Gasteiger partial charge in [-0.1, -0.05) is 6.07 Å². The highest BCUT2D eigenvalue weighted by molar-refractivity contribution is 7.07. The Labute approximate surface area is 127 Å². The maximum atomic E-state index is 11.9. The number of hydrogen-bond acceptors (Lipinski definition) is 5. The van der Waals surface area contributed by atoms with E-state index in [1.54, 1.807) is 23.7 Å². The molecule has 1 aromatic heterocycles. The summed E-state index contributed by atoms with van der Waals surface area (Å²) in [6, 6.07) is 5.17. The highest BCUT2D eigenvalue weighted by Gasteiger charge is 2.11. The number of thiazole rings is 1. The van der Waals surface area contributed by atoms with Crippen molar-refractivity contribution in [1.29, 1.82) is 0 Å². The van der Waals surface area contributed by atoms with Crippen LogP contribution in [0.4, 0.5) is 5.69 Å². The maximum absolute atomic E-state index is 11.9. The zero-order valence-corrected chi connectivity index (χ0v) is 12.7. The lowest BCUT2D eigenvalue weighted by molar-refractivity contribution is -0.116. The Morgan fingerprint density at radius 3 is 2.86 bits per heavy atom.